The summed E-state index contributed by atoms with van der Waals surface area (Å²) < 4.78 is 50.5. The van der Waals surface area contributed by atoms with Gasteiger partial charge in [0, 0.05) is 10.2 Å². The van der Waals surface area contributed by atoms with E-state index >= 15 is 0 Å². The molecule has 7 nitrogen and oxygen atoms in total. The van der Waals surface area contributed by atoms with Crippen LogP contribution in [0.15, 0.2) is 22.7 Å². The molecule has 0 aliphatic carbocycles. The van der Waals surface area contributed by atoms with Gasteiger partial charge in [-0.2, -0.15) is 8.42 Å². The summed E-state index contributed by atoms with van der Waals surface area (Å²) in [5.74, 6) is 0. The molecule has 1 rings (SSSR count). The minimum Gasteiger partial charge on any atom is -0.398 e. The van der Waals surface area contributed by atoms with Crippen LogP contribution >= 0.6 is 15.9 Å². The Labute approximate surface area is 116 Å². The lowest BCUT2D eigenvalue weighted by molar-refractivity contribution is 0.272. The first kappa shape index (κ1) is 17.3. The zero-order valence-electron chi connectivity index (χ0n) is 9.00. The smallest absolute Gasteiger partial charge is 0.397 e. The molecular weight excluding hydrogens is 350 g/mol. The highest BCUT2D eigenvalue weighted by Gasteiger charge is 2.04. The summed E-state index contributed by atoms with van der Waals surface area (Å²) in [5, 5.41) is 0. The van der Waals surface area contributed by atoms with Crippen molar-refractivity contribution in [2.45, 2.75) is 6.42 Å². The molecule has 18 heavy (non-hydrogen) atoms. The number of hydrogen-bond donors (Lipinski definition) is 2. The first-order valence-corrected chi connectivity index (χ1v) is 7.42. The molecule has 0 radical (unpaired) electrons. The van der Waals surface area contributed by atoms with Crippen molar-refractivity contribution in [3.05, 3.63) is 28.2 Å². The van der Waals surface area contributed by atoms with Gasteiger partial charge in [-0.3, -0.25) is 4.55 Å². The Kier molecular flexibility index (Phi) is 8.11. The lowest BCUT2D eigenvalue weighted by Gasteiger charge is -2.03. The number of halogens is 1. The van der Waals surface area contributed by atoms with Gasteiger partial charge in [0.05, 0.1) is 6.61 Å². The van der Waals surface area contributed by atoms with Crippen molar-refractivity contribution in [1.29, 1.82) is 0 Å². The third kappa shape index (κ3) is 8.42. The number of benzene rings is 1. The molecule has 0 amide bonds. The van der Waals surface area contributed by atoms with Gasteiger partial charge in [-0.15, -0.1) is 0 Å². The van der Waals surface area contributed by atoms with Gasteiger partial charge < -0.3 is 5.73 Å². The standard InChI is InChI=1S/C8H10BrNO4S.H2O2S/c9-7-5-6(1-2-8(7)10)3-4-14-15(11,12)13;1-3-2/h1-2,5H,3-4,10H2,(H,11,12,13);3H2. The highest BCUT2D eigenvalue weighted by Crippen LogP contribution is 2.20. The molecular formula is C8H12BrNO6S2. The zero-order chi connectivity index (χ0) is 14.2. The molecule has 3 N–H and O–H groups in total. The fraction of sp³-hybridized carbons (Fsp3) is 0.250. The van der Waals surface area contributed by atoms with Gasteiger partial charge in [0.15, 0.2) is 0 Å². The molecule has 0 saturated heterocycles. The van der Waals surface area contributed by atoms with Crippen LogP contribution in [0.1, 0.15) is 5.56 Å². The van der Waals surface area contributed by atoms with Gasteiger partial charge >= 0.3 is 10.4 Å². The van der Waals surface area contributed by atoms with Crippen LogP contribution in [0.4, 0.5) is 5.69 Å². The zero-order valence-corrected chi connectivity index (χ0v) is 12.4. The fourth-order valence-electron chi connectivity index (χ4n) is 0.991. The maximum absolute atomic E-state index is 10.2. The van der Waals surface area contributed by atoms with E-state index in [1.807, 2.05) is 0 Å². The van der Waals surface area contributed by atoms with Gasteiger partial charge in [-0.1, -0.05) is 6.07 Å². The molecule has 1 aromatic rings. The SMILES string of the molecule is Nc1ccc(CCOS(=O)(=O)O)cc1Br.O=[SH2]=O. The minimum absolute atomic E-state index is 0.102. The highest BCUT2D eigenvalue weighted by molar-refractivity contribution is 9.10. The van der Waals surface area contributed by atoms with Crippen LogP contribution in [0.2, 0.25) is 0 Å². The van der Waals surface area contributed by atoms with Crippen LogP contribution in [-0.2, 0) is 32.6 Å². The number of rotatable bonds is 4. The van der Waals surface area contributed by atoms with E-state index in [9.17, 15) is 8.42 Å². The molecule has 0 aliphatic rings. The molecule has 0 aromatic heterocycles. The van der Waals surface area contributed by atoms with Crippen molar-refractivity contribution in [2.75, 3.05) is 12.3 Å². The van der Waals surface area contributed by atoms with Gasteiger partial charge in [0.1, 0.15) is 11.6 Å². The van der Waals surface area contributed by atoms with Crippen molar-refractivity contribution in [2.24, 2.45) is 0 Å². The molecule has 1 aromatic carbocycles. The van der Waals surface area contributed by atoms with Crippen LogP contribution in [0.3, 0.4) is 0 Å². The maximum atomic E-state index is 10.2. The second-order valence-corrected chi connectivity index (χ2v) is 5.05. The lowest BCUT2D eigenvalue weighted by atomic mass is 10.1. The van der Waals surface area contributed by atoms with E-state index in [0.717, 1.165) is 10.0 Å². The van der Waals surface area contributed by atoms with Crippen LogP contribution in [-0.4, -0.2) is 28.0 Å². The second-order valence-electron chi connectivity index (χ2n) is 2.94. The number of nitrogen functional groups attached to an aromatic ring is 1. The number of hydrogen-bond acceptors (Lipinski definition) is 6. The Morgan fingerprint density at radius 2 is 1.94 bits per heavy atom. The summed E-state index contributed by atoms with van der Waals surface area (Å²) in [6.07, 6.45) is 0.374. The summed E-state index contributed by atoms with van der Waals surface area (Å²) in [6.45, 7) is -0.102. The molecule has 0 spiro atoms. The minimum atomic E-state index is -4.35. The Balaban J connectivity index is 0.000000873. The largest absolute Gasteiger partial charge is 0.398 e. The van der Waals surface area contributed by atoms with Gasteiger partial charge in [0.2, 0.25) is 0 Å². The van der Waals surface area contributed by atoms with E-state index in [-0.39, 0.29) is 6.61 Å². The lowest BCUT2D eigenvalue weighted by Crippen LogP contribution is -2.06. The molecule has 104 valence electrons. The molecule has 10 heteroatoms. The van der Waals surface area contributed by atoms with Crippen LogP contribution in [0, 0.1) is 0 Å². The van der Waals surface area contributed by atoms with Crippen molar-refractivity contribution in [1.82, 2.24) is 0 Å². The van der Waals surface area contributed by atoms with Crippen molar-refractivity contribution < 1.29 is 25.6 Å². The molecule has 0 atom stereocenters. The normalized spacial score (nSPS) is 10.6. The second kappa shape index (κ2) is 8.43. The number of anilines is 1. The van der Waals surface area contributed by atoms with Crippen molar-refractivity contribution in [3.8, 4) is 0 Å². The Hall–Kier alpha value is -0.680. The molecule has 0 saturated carbocycles. The quantitative estimate of drug-likeness (QED) is 0.579. The van der Waals surface area contributed by atoms with Gasteiger partial charge in [-0.05, 0) is 40.0 Å². The summed E-state index contributed by atoms with van der Waals surface area (Å²) in [5.41, 5.74) is 7.04. The predicted octanol–water partition coefficient (Wildman–Crippen LogP) is 0.188. The average molecular weight is 362 g/mol. The fourth-order valence-corrected chi connectivity index (χ4v) is 1.71. The van der Waals surface area contributed by atoms with E-state index < -0.39 is 22.0 Å². The van der Waals surface area contributed by atoms with E-state index in [0.29, 0.717) is 12.1 Å². The van der Waals surface area contributed by atoms with Gasteiger partial charge in [-0.25, -0.2) is 12.6 Å². The predicted molar refractivity (Wildman–Crippen MR) is 71.5 cm³/mol. The average Bonchev–Trinajstić information content (AvgIpc) is 2.23. The Morgan fingerprint density at radius 1 is 1.39 bits per heavy atom. The monoisotopic (exact) mass is 361 g/mol. The summed E-state index contributed by atoms with van der Waals surface area (Å²) in [7, 11) is -4.35. The van der Waals surface area contributed by atoms with E-state index in [2.05, 4.69) is 20.1 Å². The first-order chi connectivity index (χ1) is 8.30. The molecule has 0 heterocycles. The van der Waals surface area contributed by atoms with Gasteiger partial charge in [0.25, 0.3) is 0 Å². The molecule has 0 bridgehead atoms. The number of nitrogens with two attached hydrogens (primary N) is 1. The summed E-state index contributed by atoms with van der Waals surface area (Å²) in [4.78, 5) is 0. The van der Waals surface area contributed by atoms with E-state index in [1.54, 1.807) is 18.2 Å². The maximum Gasteiger partial charge on any atom is 0.397 e. The van der Waals surface area contributed by atoms with Crippen molar-refractivity contribution in [3.63, 3.8) is 0 Å². The summed E-state index contributed by atoms with van der Waals surface area (Å²) in [6, 6.07) is 5.23. The summed E-state index contributed by atoms with van der Waals surface area (Å²) >= 11 is 1.83. The third-order valence-electron chi connectivity index (χ3n) is 1.69. The first-order valence-electron chi connectivity index (χ1n) is 4.45. The van der Waals surface area contributed by atoms with Crippen LogP contribution < -0.4 is 5.73 Å². The van der Waals surface area contributed by atoms with Crippen LogP contribution in [0.5, 0.6) is 0 Å². The van der Waals surface area contributed by atoms with E-state index in [1.165, 1.54) is 0 Å². The topological polar surface area (TPSA) is 124 Å². The highest BCUT2D eigenvalue weighted by atomic mass is 79.9. The Morgan fingerprint density at radius 3 is 2.39 bits per heavy atom. The Bertz CT molecular complexity index is 526. The van der Waals surface area contributed by atoms with Crippen LogP contribution in [0.25, 0.3) is 0 Å². The molecule has 0 unspecified atom stereocenters. The third-order valence-corrected chi connectivity index (χ3v) is 2.84. The van der Waals surface area contributed by atoms with E-state index in [4.69, 9.17) is 18.7 Å². The molecule has 0 fully saturated rings. The molecule has 0 aliphatic heterocycles. The van der Waals surface area contributed by atoms with Crippen molar-refractivity contribution >= 4 is 43.6 Å².